The monoisotopic (exact) mass is 1450 g/mol. The summed E-state index contributed by atoms with van der Waals surface area (Å²) in [5, 5.41) is 1.49. The number of hydrogen-bond donors (Lipinski definition) is 0. The SMILES string of the molecule is C=C1CC2CC(S(=O)(=O)c3ccccc3)C(=O)C[C@H]3O[C@H]4[C@@H](O[Si](c5ccccc5)(c5ccccc5)C(C)(C)C)[C@H]5O[C@H](CC[C@@H]5O[C@H]4[C@H]3O[Si](c3ccccc3)(c3ccccc3)C(C)(C)C)CC(=O)CC3[C@H](CC4O[C@@H](CCC1O2)C[C@@H](C)C4=C)O[C@H](C[C@H](C)COC(=O)c1ccccc1)[C@@H]3C. The lowest BCUT2D eigenvalue weighted by atomic mass is 9.78. The largest absolute Gasteiger partial charge is 0.462 e. The van der Waals surface area contributed by atoms with Gasteiger partial charge in [0.15, 0.2) is 15.6 Å². The second-order valence-corrected chi connectivity index (χ2v) is 43.3. The zero-order valence-corrected chi connectivity index (χ0v) is 64.3. The minimum Gasteiger partial charge on any atom is -0.462 e. The molecular weight excluding hydrogens is 1350 g/mol. The van der Waals surface area contributed by atoms with Crippen molar-refractivity contribution in [2.75, 3.05) is 6.61 Å². The molecule has 0 radical (unpaired) electrons. The number of hydrogen-bond acceptors (Lipinski definition) is 14. The fourth-order valence-corrected chi connectivity index (χ4v) is 29.4. The van der Waals surface area contributed by atoms with Crippen LogP contribution in [0.5, 0.6) is 0 Å². The lowest BCUT2D eigenvalue weighted by Gasteiger charge is -2.53. The first-order valence-corrected chi connectivity index (χ1v) is 43.1. The molecule has 0 amide bonds. The number of Topliss-reactive ketones (excluding diaryl/α,β-unsaturated/α-hetero) is 2. The third kappa shape index (κ3) is 15.5. The molecule has 548 valence electrons. The van der Waals surface area contributed by atoms with Crippen molar-refractivity contribution in [2.24, 2.45) is 23.7 Å². The Morgan fingerprint density at radius 2 is 1.03 bits per heavy atom. The summed E-state index contributed by atoms with van der Waals surface area (Å²) in [6.07, 6.45) is -4.45. The molecule has 7 aliphatic heterocycles. The highest BCUT2D eigenvalue weighted by atomic mass is 32.2. The van der Waals surface area contributed by atoms with Crippen molar-refractivity contribution in [1.82, 2.24) is 0 Å². The molecule has 5 unspecified atom stereocenters. The summed E-state index contributed by atoms with van der Waals surface area (Å²) in [6.45, 7) is 29.3. The topological polar surface area (TPSA) is 168 Å². The van der Waals surface area contributed by atoms with Gasteiger partial charge in [-0.15, -0.1) is 0 Å². The Hall–Kier alpha value is -6.33. The predicted octanol–water partition coefficient (Wildman–Crippen LogP) is 13.7. The molecule has 14 nitrogen and oxygen atoms in total. The molecule has 19 atom stereocenters. The molecule has 7 aliphatic rings. The fourth-order valence-electron chi connectivity index (χ4n) is 18.3. The number of sulfone groups is 1. The Labute approximate surface area is 613 Å². The number of carbonyl (C=O) groups excluding carboxylic acids is 3. The summed E-state index contributed by atoms with van der Waals surface area (Å²) in [6, 6.07) is 59.0. The van der Waals surface area contributed by atoms with Gasteiger partial charge in [-0.1, -0.05) is 233 Å². The van der Waals surface area contributed by atoms with E-state index in [9.17, 15) is 4.79 Å². The normalized spacial score (nSPS) is 31.6. The second-order valence-electron chi connectivity index (χ2n) is 32.7. The molecule has 7 heterocycles. The first-order chi connectivity index (χ1) is 49.3. The zero-order valence-electron chi connectivity index (χ0n) is 61.5. The fraction of sp³-hybridized carbons (Fsp3) is 0.500. The van der Waals surface area contributed by atoms with E-state index in [1.165, 1.54) is 0 Å². The number of ether oxygens (including phenoxy) is 7. The Bertz CT molecular complexity index is 3940. The van der Waals surface area contributed by atoms with Crippen molar-refractivity contribution >= 4 is 64.8 Å². The van der Waals surface area contributed by atoms with Crippen molar-refractivity contribution in [1.29, 1.82) is 0 Å². The zero-order chi connectivity index (χ0) is 72.6. The van der Waals surface area contributed by atoms with Gasteiger partial charge in [0, 0.05) is 25.7 Å². The average molecular weight is 1450 g/mol. The quantitative estimate of drug-likeness (QED) is 0.0541. The molecule has 13 rings (SSSR count). The summed E-state index contributed by atoms with van der Waals surface area (Å²) in [5.74, 6) is -0.976. The highest BCUT2D eigenvalue weighted by molar-refractivity contribution is 7.92. The molecule has 8 bridgehead atoms. The van der Waals surface area contributed by atoms with E-state index in [4.69, 9.17) is 42.0 Å². The van der Waals surface area contributed by atoms with Crippen LogP contribution >= 0.6 is 0 Å². The summed E-state index contributed by atoms with van der Waals surface area (Å²) in [4.78, 5) is 45.0. The molecule has 7 saturated heterocycles. The van der Waals surface area contributed by atoms with Crippen molar-refractivity contribution in [3.8, 4) is 0 Å². The van der Waals surface area contributed by atoms with Gasteiger partial charge in [0.2, 0.25) is 0 Å². The van der Waals surface area contributed by atoms with Crippen LogP contribution in [0.2, 0.25) is 10.1 Å². The highest BCUT2D eigenvalue weighted by Gasteiger charge is 2.65. The Kier molecular flexibility index (Phi) is 22.7. The number of esters is 1. The minimum absolute atomic E-state index is 0.0403. The van der Waals surface area contributed by atoms with E-state index in [0.717, 1.165) is 38.3 Å². The third-order valence-electron chi connectivity index (χ3n) is 23.6. The molecule has 7 fully saturated rings. The molecule has 17 heteroatoms. The van der Waals surface area contributed by atoms with Gasteiger partial charge in [-0.05, 0) is 141 Å². The van der Waals surface area contributed by atoms with Gasteiger partial charge in [0.25, 0.3) is 16.6 Å². The van der Waals surface area contributed by atoms with Gasteiger partial charge < -0.3 is 42.0 Å². The summed E-state index contributed by atoms with van der Waals surface area (Å²) in [7, 11) is -11.5. The molecule has 103 heavy (non-hydrogen) atoms. The van der Waals surface area contributed by atoms with Crippen LogP contribution in [-0.4, -0.2) is 140 Å². The smallest absolute Gasteiger partial charge is 0.338 e. The Morgan fingerprint density at radius 1 is 0.524 bits per heavy atom. The summed E-state index contributed by atoms with van der Waals surface area (Å²) in [5.41, 5.74) is 2.33. The van der Waals surface area contributed by atoms with Crippen LogP contribution in [-0.2, 0) is 61.4 Å². The van der Waals surface area contributed by atoms with Gasteiger partial charge in [0.05, 0.1) is 72.0 Å². The van der Waals surface area contributed by atoms with Crippen LogP contribution in [0.25, 0.3) is 0 Å². The van der Waals surface area contributed by atoms with Gasteiger partial charge in [0.1, 0.15) is 41.6 Å². The standard InChI is InChI=1S/C86H106O14SSi2/c1-55(54-92-84(89)60-30-18-12-19-31-60)46-74-59(5)70-50-61(87)49-63-43-45-73-79(95-63)83(100-103(86(9,10)11,68-38-26-16-27-39-68)69-40-28-17-29-41-69)82-81(97-73)80(99-102(85(6,7)8,66-34-22-14-23-35-66)67-36-24-15-25-37-67)77(98-82)52-71(88)78(101(90,91)65-32-20-13-21-33-65)51-64-48-57(3)72(94-64)44-42-62-47-56(2)58(4)75(93-62)53-76(70)96-74/h12-41,55-56,59,62-64,70,72-83H,3-4,42-54H2,1-2,5-11H3/t55-,56+,59+,62-,63+,64?,70?,72?,73-,74+,75?,76-,77+,78?,79-,80-,81-,82+,83-/m0/s1. The number of benzene rings is 6. The highest BCUT2D eigenvalue weighted by Crippen LogP contribution is 2.50. The first-order valence-electron chi connectivity index (χ1n) is 37.7. The Balaban J connectivity index is 0.926. The van der Waals surface area contributed by atoms with E-state index in [2.05, 4.69) is 148 Å². The minimum atomic E-state index is -4.38. The third-order valence-corrected chi connectivity index (χ3v) is 35.8. The van der Waals surface area contributed by atoms with Gasteiger partial charge in [-0.3, -0.25) is 9.59 Å². The number of ketones is 2. The van der Waals surface area contributed by atoms with E-state index in [-0.39, 0.29) is 97.0 Å². The number of carbonyl (C=O) groups is 3. The van der Waals surface area contributed by atoms with Crippen molar-refractivity contribution in [3.05, 3.63) is 212 Å². The van der Waals surface area contributed by atoms with E-state index in [1.54, 1.807) is 42.5 Å². The molecule has 0 N–H and O–H groups in total. The number of rotatable bonds is 15. The van der Waals surface area contributed by atoms with Gasteiger partial charge >= 0.3 is 5.97 Å². The van der Waals surface area contributed by atoms with Crippen molar-refractivity contribution in [3.63, 3.8) is 0 Å². The van der Waals surface area contributed by atoms with Crippen LogP contribution in [0, 0.1) is 23.7 Å². The van der Waals surface area contributed by atoms with E-state index >= 15 is 18.0 Å². The maximum atomic E-state index is 16.3. The maximum Gasteiger partial charge on any atom is 0.338 e. The van der Waals surface area contributed by atoms with Crippen LogP contribution in [0.1, 0.15) is 150 Å². The molecule has 6 aromatic carbocycles. The van der Waals surface area contributed by atoms with Crippen LogP contribution < -0.4 is 20.7 Å². The summed E-state index contributed by atoms with van der Waals surface area (Å²) >= 11 is 0. The van der Waals surface area contributed by atoms with E-state index in [1.807, 2.05) is 66.7 Å². The maximum absolute atomic E-state index is 16.3. The first kappa shape index (κ1) is 74.9. The lowest BCUT2D eigenvalue weighted by Crippen LogP contribution is -2.73. The molecule has 0 aliphatic carbocycles. The van der Waals surface area contributed by atoms with Gasteiger partial charge in [-0.25, -0.2) is 13.2 Å². The van der Waals surface area contributed by atoms with Crippen LogP contribution in [0.4, 0.5) is 0 Å². The van der Waals surface area contributed by atoms with Crippen LogP contribution in [0.15, 0.2) is 211 Å². The molecule has 6 aromatic rings. The Morgan fingerprint density at radius 3 is 1.59 bits per heavy atom. The predicted molar refractivity (Wildman–Crippen MR) is 406 cm³/mol. The van der Waals surface area contributed by atoms with E-state index < -0.39 is 109 Å². The summed E-state index contributed by atoms with van der Waals surface area (Å²) < 4.78 is 98.2. The van der Waals surface area contributed by atoms with Crippen LogP contribution in [0.3, 0.4) is 0 Å². The molecule has 0 spiro atoms. The lowest BCUT2D eigenvalue weighted by molar-refractivity contribution is -0.254. The second kappa shape index (κ2) is 31.2. The van der Waals surface area contributed by atoms with Crippen molar-refractivity contribution in [2.45, 2.75) is 245 Å². The average Bonchev–Trinajstić information content (AvgIpc) is 1.64. The molecule has 0 aromatic heterocycles. The van der Waals surface area contributed by atoms with Gasteiger partial charge in [-0.2, -0.15) is 0 Å². The van der Waals surface area contributed by atoms with Crippen molar-refractivity contribution < 1.29 is 64.8 Å². The number of fused-ring (bicyclic) bond motifs is 7. The van der Waals surface area contributed by atoms with E-state index in [0.29, 0.717) is 50.5 Å². The molecule has 0 saturated carbocycles. The molecular formula is C86H106O14SSi2.